The number of aliphatic hydroxyl groups excluding tert-OH is 1. The molecule has 0 unspecified atom stereocenters. The highest BCUT2D eigenvalue weighted by molar-refractivity contribution is 6.31. The third kappa shape index (κ3) is 7.01. The Morgan fingerprint density at radius 2 is 1.92 bits per heavy atom. The average molecular weight is 540 g/mol. The summed E-state index contributed by atoms with van der Waals surface area (Å²) in [7, 11) is 0. The summed E-state index contributed by atoms with van der Waals surface area (Å²) in [6, 6.07) is 10.3. The Bertz CT molecular complexity index is 1290. The molecule has 1 atom stereocenters. The highest BCUT2D eigenvalue weighted by Crippen LogP contribution is 2.35. The van der Waals surface area contributed by atoms with E-state index >= 15 is 0 Å². The van der Waals surface area contributed by atoms with Gasteiger partial charge in [-0.1, -0.05) is 24.6 Å². The fraction of sp³-hybridized carbons (Fsp3) is 0.414. The molecule has 3 aromatic rings. The molecule has 0 spiro atoms. The van der Waals surface area contributed by atoms with Crippen LogP contribution >= 0.6 is 11.6 Å². The van der Waals surface area contributed by atoms with Gasteiger partial charge in [-0.25, -0.2) is 0 Å². The van der Waals surface area contributed by atoms with Crippen LogP contribution in [0.4, 0.5) is 0 Å². The molecule has 202 valence electrons. The first kappa shape index (κ1) is 27.8. The van der Waals surface area contributed by atoms with Crippen LogP contribution in [-0.4, -0.2) is 65.6 Å². The number of halogens is 1. The molecule has 0 radical (unpaired) electrons. The molecule has 8 nitrogen and oxygen atoms in total. The van der Waals surface area contributed by atoms with Gasteiger partial charge in [0, 0.05) is 48.6 Å². The van der Waals surface area contributed by atoms with Gasteiger partial charge < -0.3 is 24.8 Å². The summed E-state index contributed by atoms with van der Waals surface area (Å²) in [5, 5.41) is 14.4. The molecular formula is C29H34ClN3O5. The Morgan fingerprint density at radius 3 is 2.63 bits per heavy atom. The van der Waals surface area contributed by atoms with Crippen LogP contribution in [0.1, 0.15) is 49.0 Å². The molecule has 0 aliphatic carbocycles. The molecule has 2 aromatic carbocycles. The summed E-state index contributed by atoms with van der Waals surface area (Å²) in [4.78, 5) is 31.4. The lowest BCUT2D eigenvalue weighted by Crippen LogP contribution is -2.34. The van der Waals surface area contributed by atoms with Gasteiger partial charge in [0.1, 0.15) is 35.7 Å². The second kappa shape index (κ2) is 13.0. The van der Waals surface area contributed by atoms with Gasteiger partial charge in [-0.15, -0.1) is 0 Å². The van der Waals surface area contributed by atoms with Gasteiger partial charge in [-0.3, -0.25) is 14.6 Å². The van der Waals surface area contributed by atoms with Crippen molar-refractivity contribution >= 4 is 34.2 Å². The van der Waals surface area contributed by atoms with Gasteiger partial charge >= 0.3 is 0 Å². The average Bonchev–Trinajstić information content (AvgIpc) is 3.41. The van der Waals surface area contributed by atoms with E-state index in [1.54, 1.807) is 42.6 Å². The van der Waals surface area contributed by atoms with Crippen molar-refractivity contribution < 1.29 is 24.2 Å². The molecular weight excluding hydrogens is 506 g/mol. The van der Waals surface area contributed by atoms with Crippen LogP contribution in [0.2, 0.25) is 5.02 Å². The first-order valence-electron chi connectivity index (χ1n) is 13.1. The predicted octanol–water partition coefficient (Wildman–Crippen LogP) is 4.79. The zero-order valence-corrected chi connectivity index (χ0v) is 22.6. The van der Waals surface area contributed by atoms with Gasteiger partial charge in [0.25, 0.3) is 5.91 Å². The smallest absolute Gasteiger partial charge is 0.255 e. The van der Waals surface area contributed by atoms with Crippen molar-refractivity contribution in [2.75, 3.05) is 32.8 Å². The lowest BCUT2D eigenvalue weighted by Gasteiger charge is -2.20. The van der Waals surface area contributed by atoms with E-state index in [9.17, 15) is 14.7 Å². The highest BCUT2D eigenvalue weighted by atomic mass is 35.5. The topological polar surface area (TPSA) is 101 Å². The van der Waals surface area contributed by atoms with E-state index in [0.29, 0.717) is 58.2 Å². The summed E-state index contributed by atoms with van der Waals surface area (Å²) in [5.41, 5.74) is 1.66. The molecule has 0 bridgehead atoms. The van der Waals surface area contributed by atoms with Gasteiger partial charge in [0.2, 0.25) is 0 Å². The van der Waals surface area contributed by atoms with E-state index in [0.717, 1.165) is 31.5 Å². The quantitative estimate of drug-likeness (QED) is 0.341. The van der Waals surface area contributed by atoms with Crippen LogP contribution in [0, 0.1) is 0 Å². The Morgan fingerprint density at radius 1 is 1.13 bits per heavy atom. The van der Waals surface area contributed by atoms with E-state index in [-0.39, 0.29) is 24.7 Å². The number of aromatic nitrogens is 1. The highest BCUT2D eigenvalue weighted by Gasteiger charge is 2.20. The van der Waals surface area contributed by atoms with E-state index in [4.69, 9.17) is 21.1 Å². The predicted molar refractivity (Wildman–Crippen MR) is 147 cm³/mol. The van der Waals surface area contributed by atoms with Crippen molar-refractivity contribution in [1.82, 2.24) is 15.2 Å². The van der Waals surface area contributed by atoms with Crippen LogP contribution in [0.5, 0.6) is 17.2 Å². The monoisotopic (exact) mass is 539 g/mol. The van der Waals surface area contributed by atoms with Crippen LogP contribution in [0.15, 0.2) is 42.6 Å². The molecule has 0 saturated carbocycles. The SMILES string of the molecule is CCNC(=O)c1cc2c(Oc3ccc(CC(=O)CC)c(Cl)c3)ccnc2cc1OC[C@H](O)CN1CCCC1. The molecule has 4 rings (SSSR count). The van der Waals surface area contributed by atoms with Crippen molar-refractivity contribution in [2.24, 2.45) is 0 Å². The Hall–Kier alpha value is -3.20. The standard InChI is InChI=1S/C29H34ClN3O5/c1-3-20(34)13-19-7-8-22(14-25(19)30)38-27-9-10-32-26-16-28(24(15-23(26)27)29(36)31-4-2)37-18-21(35)17-33-11-5-6-12-33/h7-10,14-16,21,35H,3-6,11-13,17-18H2,1-2H3,(H,31,36)/t21-/m1/s1. The molecule has 1 amide bonds. The first-order chi connectivity index (χ1) is 18.4. The van der Waals surface area contributed by atoms with E-state index in [1.807, 2.05) is 13.8 Å². The molecule has 2 N–H and O–H groups in total. The van der Waals surface area contributed by atoms with E-state index in [1.165, 1.54) is 0 Å². The number of carbonyl (C=O) groups is 2. The van der Waals surface area contributed by atoms with Crippen molar-refractivity contribution in [3.8, 4) is 17.2 Å². The number of carbonyl (C=O) groups excluding carboxylic acids is 2. The number of fused-ring (bicyclic) bond motifs is 1. The zero-order valence-electron chi connectivity index (χ0n) is 21.8. The van der Waals surface area contributed by atoms with E-state index < -0.39 is 6.10 Å². The number of Topliss-reactive ketones (excluding diaryl/α,β-unsaturated/α-hetero) is 1. The van der Waals surface area contributed by atoms with Crippen LogP contribution in [-0.2, 0) is 11.2 Å². The number of ether oxygens (including phenoxy) is 2. The number of amides is 1. The van der Waals surface area contributed by atoms with Gasteiger partial charge in [0.15, 0.2) is 0 Å². The molecule has 1 saturated heterocycles. The summed E-state index contributed by atoms with van der Waals surface area (Å²) in [6.45, 7) is 6.69. The number of pyridine rings is 1. The minimum absolute atomic E-state index is 0.0655. The largest absolute Gasteiger partial charge is 0.490 e. The second-order valence-corrected chi connectivity index (χ2v) is 9.84. The number of likely N-dealkylation sites (tertiary alicyclic amines) is 1. The summed E-state index contributed by atoms with van der Waals surface area (Å²) in [6.07, 6.45) is 3.96. The normalized spacial score (nSPS) is 14.4. The van der Waals surface area contributed by atoms with Crippen molar-refractivity contribution in [3.05, 3.63) is 58.7 Å². The number of benzene rings is 2. The van der Waals surface area contributed by atoms with Gasteiger partial charge in [0.05, 0.1) is 11.1 Å². The number of aliphatic hydroxyl groups is 1. The maximum absolute atomic E-state index is 12.9. The molecule has 9 heteroatoms. The minimum Gasteiger partial charge on any atom is -0.490 e. The molecule has 1 aromatic heterocycles. The minimum atomic E-state index is -0.672. The number of nitrogens with zero attached hydrogens (tertiary/aromatic N) is 2. The number of hydrogen-bond acceptors (Lipinski definition) is 7. The third-order valence-electron chi connectivity index (χ3n) is 6.52. The molecule has 38 heavy (non-hydrogen) atoms. The van der Waals surface area contributed by atoms with Crippen molar-refractivity contribution in [3.63, 3.8) is 0 Å². The fourth-order valence-electron chi connectivity index (χ4n) is 4.49. The number of rotatable bonds is 12. The molecule has 2 heterocycles. The Labute approximate surface area is 227 Å². The first-order valence-corrected chi connectivity index (χ1v) is 13.5. The Balaban J connectivity index is 1.59. The maximum atomic E-state index is 12.9. The van der Waals surface area contributed by atoms with Crippen LogP contribution in [0.25, 0.3) is 10.9 Å². The number of hydrogen-bond donors (Lipinski definition) is 2. The Kier molecular flexibility index (Phi) is 9.55. The van der Waals surface area contributed by atoms with Crippen LogP contribution < -0.4 is 14.8 Å². The third-order valence-corrected chi connectivity index (χ3v) is 6.87. The second-order valence-electron chi connectivity index (χ2n) is 9.43. The van der Waals surface area contributed by atoms with Gasteiger partial charge in [-0.05, 0) is 62.7 Å². The number of β-amino-alcohol motifs (C(OH)–C–C–N with tert-alkyl or cyclic N) is 1. The summed E-state index contributed by atoms with van der Waals surface area (Å²) < 4.78 is 12.1. The number of ketones is 1. The maximum Gasteiger partial charge on any atom is 0.255 e. The van der Waals surface area contributed by atoms with Crippen molar-refractivity contribution in [1.29, 1.82) is 0 Å². The lowest BCUT2D eigenvalue weighted by atomic mass is 10.1. The van der Waals surface area contributed by atoms with Crippen LogP contribution in [0.3, 0.4) is 0 Å². The molecule has 1 aliphatic heterocycles. The lowest BCUT2D eigenvalue weighted by molar-refractivity contribution is -0.118. The summed E-state index contributed by atoms with van der Waals surface area (Å²) >= 11 is 6.41. The van der Waals surface area contributed by atoms with Gasteiger partial charge in [-0.2, -0.15) is 0 Å². The zero-order chi connectivity index (χ0) is 27.1. The molecule has 1 aliphatic rings. The van der Waals surface area contributed by atoms with E-state index in [2.05, 4.69) is 15.2 Å². The number of nitrogens with one attached hydrogen (secondary N) is 1. The summed E-state index contributed by atoms with van der Waals surface area (Å²) in [5.74, 6) is 1.16. The molecule has 1 fully saturated rings. The van der Waals surface area contributed by atoms with Crippen molar-refractivity contribution in [2.45, 2.75) is 45.6 Å². The fourth-order valence-corrected chi connectivity index (χ4v) is 4.73.